The number of rotatable bonds is 5. The molecular formula is C22H19ClN4O3. The van der Waals surface area contributed by atoms with Gasteiger partial charge < -0.3 is 14.3 Å². The Morgan fingerprint density at radius 2 is 2.17 bits per heavy atom. The molecule has 0 saturated carbocycles. The highest BCUT2D eigenvalue weighted by Gasteiger charge is 2.27. The lowest BCUT2D eigenvalue weighted by atomic mass is 9.92. The highest BCUT2D eigenvalue weighted by Crippen LogP contribution is 2.30. The third-order valence-electron chi connectivity index (χ3n) is 5.30. The molecule has 0 spiro atoms. The van der Waals surface area contributed by atoms with Crippen LogP contribution >= 0.6 is 11.6 Å². The first kappa shape index (κ1) is 18.7. The summed E-state index contributed by atoms with van der Waals surface area (Å²) in [7, 11) is 0. The number of halogens is 1. The highest BCUT2D eigenvalue weighted by atomic mass is 35.5. The van der Waals surface area contributed by atoms with Gasteiger partial charge >= 0.3 is 0 Å². The van der Waals surface area contributed by atoms with E-state index in [0.717, 1.165) is 36.1 Å². The molecule has 8 heteroatoms. The van der Waals surface area contributed by atoms with Crippen LogP contribution in [0.4, 0.5) is 0 Å². The summed E-state index contributed by atoms with van der Waals surface area (Å²) in [5, 5.41) is 12.2. The van der Waals surface area contributed by atoms with Gasteiger partial charge in [0.25, 0.3) is 5.91 Å². The second-order valence-corrected chi connectivity index (χ2v) is 7.74. The summed E-state index contributed by atoms with van der Waals surface area (Å²) in [6.07, 6.45) is 6.14. The average Bonchev–Trinajstić information content (AvgIpc) is 3.49. The zero-order chi connectivity index (χ0) is 20.5. The molecule has 5 rings (SSSR count). The molecule has 1 aliphatic rings. The number of carbonyl (C=O) groups is 1. The Hall–Kier alpha value is -3.32. The molecule has 0 aliphatic heterocycles. The zero-order valence-electron chi connectivity index (χ0n) is 16.0. The van der Waals surface area contributed by atoms with Gasteiger partial charge in [-0.15, -0.1) is 0 Å². The molecule has 0 saturated heterocycles. The Morgan fingerprint density at radius 3 is 3.00 bits per heavy atom. The van der Waals surface area contributed by atoms with E-state index in [1.165, 1.54) is 0 Å². The molecule has 1 N–H and O–H groups in total. The van der Waals surface area contributed by atoms with Crippen molar-refractivity contribution in [1.82, 2.24) is 20.3 Å². The SMILES string of the molecule is O=C(N[C@@H]1CCCc2c1cnn2Cc1cccc(Cl)c1)c1cc(-c2ccco2)on1. The van der Waals surface area contributed by atoms with Gasteiger partial charge in [0, 0.05) is 22.3 Å². The van der Waals surface area contributed by atoms with Gasteiger partial charge in [-0.1, -0.05) is 28.9 Å². The van der Waals surface area contributed by atoms with E-state index in [9.17, 15) is 4.79 Å². The summed E-state index contributed by atoms with van der Waals surface area (Å²) in [6.45, 7) is 0.645. The normalized spacial score (nSPS) is 15.7. The van der Waals surface area contributed by atoms with E-state index >= 15 is 0 Å². The molecule has 1 aliphatic carbocycles. The molecule has 4 aromatic rings. The van der Waals surface area contributed by atoms with Crippen molar-refractivity contribution in [2.75, 3.05) is 0 Å². The number of hydrogen-bond acceptors (Lipinski definition) is 5. The van der Waals surface area contributed by atoms with Gasteiger partial charge in [-0.05, 0) is 49.1 Å². The molecule has 0 fully saturated rings. The lowest BCUT2D eigenvalue weighted by Crippen LogP contribution is -2.31. The van der Waals surface area contributed by atoms with Crippen molar-refractivity contribution in [2.24, 2.45) is 0 Å². The van der Waals surface area contributed by atoms with Crippen molar-refractivity contribution in [1.29, 1.82) is 0 Å². The molecule has 3 aromatic heterocycles. The predicted octanol–water partition coefficient (Wildman–Crippen LogP) is 4.64. The smallest absolute Gasteiger partial charge is 0.273 e. The van der Waals surface area contributed by atoms with Crippen LogP contribution < -0.4 is 5.32 Å². The van der Waals surface area contributed by atoms with E-state index in [-0.39, 0.29) is 17.6 Å². The topological polar surface area (TPSA) is 86.1 Å². The molecule has 7 nitrogen and oxygen atoms in total. The van der Waals surface area contributed by atoms with Crippen LogP contribution in [0.5, 0.6) is 0 Å². The van der Waals surface area contributed by atoms with Crippen molar-refractivity contribution in [2.45, 2.75) is 31.8 Å². The molecule has 0 radical (unpaired) electrons. The van der Waals surface area contributed by atoms with Gasteiger partial charge in [0.1, 0.15) is 0 Å². The Kier molecular flexibility index (Phi) is 4.88. The number of hydrogen-bond donors (Lipinski definition) is 1. The highest BCUT2D eigenvalue weighted by molar-refractivity contribution is 6.30. The first-order valence-electron chi connectivity index (χ1n) is 9.78. The number of furan rings is 1. The van der Waals surface area contributed by atoms with Crippen molar-refractivity contribution in [3.8, 4) is 11.5 Å². The maximum absolute atomic E-state index is 12.7. The fourth-order valence-corrected chi connectivity index (χ4v) is 4.08. The molecular weight excluding hydrogens is 404 g/mol. The van der Waals surface area contributed by atoms with Crippen LogP contribution in [0, 0.1) is 0 Å². The van der Waals surface area contributed by atoms with Gasteiger partial charge in [0.2, 0.25) is 5.76 Å². The average molecular weight is 423 g/mol. The number of nitrogens with one attached hydrogen (secondary N) is 1. The van der Waals surface area contributed by atoms with Crippen LogP contribution in [-0.2, 0) is 13.0 Å². The standard InChI is InChI=1S/C22H19ClN4O3/c23-15-5-1-4-14(10-15)13-27-19-7-2-6-17(16(19)12-24-27)25-22(28)18-11-21(30-26-18)20-8-3-9-29-20/h1,3-5,8-12,17H,2,6-7,13H2,(H,25,28)/t17-/m1/s1. The van der Waals surface area contributed by atoms with Crippen molar-refractivity contribution < 1.29 is 13.7 Å². The van der Waals surface area contributed by atoms with Crippen LogP contribution in [-0.4, -0.2) is 20.8 Å². The van der Waals surface area contributed by atoms with Gasteiger partial charge in [0.05, 0.1) is 25.0 Å². The number of fused-ring (bicyclic) bond motifs is 1. The predicted molar refractivity (Wildman–Crippen MR) is 110 cm³/mol. The maximum Gasteiger partial charge on any atom is 0.273 e. The summed E-state index contributed by atoms with van der Waals surface area (Å²) in [5.41, 5.74) is 3.50. The molecule has 0 bridgehead atoms. The molecule has 152 valence electrons. The maximum atomic E-state index is 12.7. The molecule has 1 amide bonds. The first-order chi connectivity index (χ1) is 14.7. The number of carbonyl (C=O) groups excluding carboxylic acids is 1. The monoisotopic (exact) mass is 422 g/mol. The largest absolute Gasteiger partial charge is 0.461 e. The minimum absolute atomic E-state index is 0.113. The van der Waals surface area contributed by atoms with E-state index in [1.807, 2.05) is 35.1 Å². The third kappa shape index (κ3) is 3.64. The van der Waals surface area contributed by atoms with E-state index in [4.69, 9.17) is 20.5 Å². The minimum Gasteiger partial charge on any atom is -0.461 e. The number of amides is 1. The molecule has 1 atom stereocenters. The molecule has 3 heterocycles. The quantitative estimate of drug-likeness (QED) is 0.506. The van der Waals surface area contributed by atoms with Gasteiger partial charge in [-0.3, -0.25) is 9.48 Å². The summed E-state index contributed by atoms with van der Waals surface area (Å²) in [6, 6.07) is 12.7. The Labute approximate surface area is 177 Å². The summed E-state index contributed by atoms with van der Waals surface area (Å²) in [5.74, 6) is 0.671. The van der Waals surface area contributed by atoms with Gasteiger partial charge in [-0.2, -0.15) is 5.10 Å². The van der Waals surface area contributed by atoms with Gasteiger partial charge in [0.15, 0.2) is 11.5 Å². The number of benzene rings is 1. The fraction of sp³-hybridized carbons (Fsp3) is 0.227. The van der Waals surface area contributed by atoms with Crippen molar-refractivity contribution in [3.05, 3.63) is 82.5 Å². The van der Waals surface area contributed by atoms with Gasteiger partial charge in [-0.25, -0.2) is 0 Å². The van der Waals surface area contributed by atoms with E-state index in [0.29, 0.717) is 23.1 Å². The fourth-order valence-electron chi connectivity index (χ4n) is 3.86. The first-order valence-corrected chi connectivity index (χ1v) is 10.2. The van der Waals surface area contributed by atoms with Crippen molar-refractivity contribution in [3.63, 3.8) is 0 Å². The van der Waals surface area contributed by atoms with Crippen LogP contribution in [0.3, 0.4) is 0 Å². The van der Waals surface area contributed by atoms with Crippen LogP contribution in [0.25, 0.3) is 11.5 Å². The minimum atomic E-state index is -0.281. The van der Waals surface area contributed by atoms with Crippen LogP contribution in [0.2, 0.25) is 5.02 Å². The zero-order valence-corrected chi connectivity index (χ0v) is 16.8. The molecule has 30 heavy (non-hydrogen) atoms. The number of nitrogens with zero attached hydrogens (tertiary/aromatic N) is 3. The Morgan fingerprint density at radius 1 is 1.23 bits per heavy atom. The van der Waals surface area contributed by atoms with E-state index in [2.05, 4.69) is 15.6 Å². The second kappa shape index (κ2) is 7.84. The third-order valence-corrected chi connectivity index (χ3v) is 5.53. The molecule has 1 aromatic carbocycles. The van der Waals surface area contributed by atoms with E-state index < -0.39 is 0 Å². The van der Waals surface area contributed by atoms with Crippen molar-refractivity contribution >= 4 is 17.5 Å². The summed E-state index contributed by atoms with van der Waals surface area (Å²) < 4.78 is 12.5. The van der Waals surface area contributed by atoms with E-state index in [1.54, 1.807) is 24.5 Å². The lowest BCUT2D eigenvalue weighted by molar-refractivity contribution is 0.0923. The Balaban J connectivity index is 1.33. The Bertz CT molecular complexity index is 1180. The lowest BCUT2D eigenvalue weighted by Gasteiger charge is -2.24. The van der Waals surface area contributed by atoms with Crippen LogP contribution in [0.1, 0.15) is 46.2 Å². The second-order valence-electron chi connectivity index (χ2n) is 7.31. The molecule has 0 unspecified atom stereocenters. The summed E-state index contributed by atoms with van der Waals surface area (Å²) in [4.78, 5) is 12.7. The van der Waals surface area contributed by atoms with Crippen LogP contribution in [0.15, 0.2) is 63.9 Å². The summed E-state index contributed by atoms with van der Waals surface area (Å²) >= 11 is 6.10. The number of aromatic nitrogens is 3.